The zero-order chi connectivity index (χ0) is 13.5. The van der Waals surface area contributed by atoms with E-state index in [1.54, 1.807) is 0 Å². The van der Waals surface area contributed by atoms with Crippen molar-refractivity contribution in [3.8, 4) is 0 Å². The maximum atomic E-state index is 5.95. The van der Waals surface area contributed by atoms with E-state index in [9.17, 15) is 0 Å². The average molecular weight is 249 g/mol. The number of benzene rings is 1. The van der Waals surface area contributed by atoms with E-state index in [4.69, 9.17) is 5.73 Å². The molecule has 0 saturated carbocycles. The van der Waals surface area contributed by atoms with E-state index in [-0.39, 0.29) is 0 Å². The molecule has 0 aliphatic rings. The van der Waals surface area contributed by atoms with E-state index in [1.165, 1.54) is 17.5 Å². The first kappa shape index (κ1) is 15.2. The summed E-state index contributed by atoms with van der Waals surface area (Å²) in [6.45, 7) is 5.03. The molecule has 0 heterocycles. The molecule has 0 saturated heterocycles. The van der Waals surface area contributed by atoms with Gasteiger partial charge in [0.2, 0.25) is 0 Å². The molecule has 0 amide bonds. The first-order chi connectivity index (χ1) is 8.56. The lowest BCUT2D eigenvalue weighted by Crippen LogP contribution is -2.33. The summed E-state index contributed by atoms with van der Waals surface area (Å²) in [6.07, 6.45) is 1.17. The highest BCUT2D eigenvalue weighted by Gasteiger charge is 2.16. The van der Waals surface area contributed by atoms with E-state index in [0.29, 0.717) is 12.6 Å². The predicted molar refractivity (Wildman–Crippen MR) is 78.8 cm³/mol. The summed E-state index contributed by atoms with van der Waals surface area (Å²) in [6, 6.07) is 8.85. The molecule has 0 aromatic heterocycles. The van der Waals surface area contributed by atoms with Gasteiger partial charge in [0, 0.05) is 12.6 Å². The Morgan fingerprint density at radius 3 is 2.33 bits per heavy atom. The third-order valence-electron chi connectivity index (χ3n) is 3.42. The molecule has 3 nitrogen and oxygen atoms in total. The zero-order valence-corrected chi connectivity index (χ0v) is 12.2. The fraction of sp³-hybridized carbons (Fsp3) is 0.600. The zero-order valence-electron chi connectivity index (χ0n) is 12.2. The lowest BCUT2D eigenvalue weighted by Gasteiger charge is -2.29. The van der Waals surface area contributed by atoms with Crippen LogP contribution in [0.1, 0.15) is 23.6 Å². The second-order valence-electron chi connectivity index (χ2n) is 5.25. The smallest absolute Gasteiger partial charge is 0.0470 e. The van der Waals surface area contributed by atoms with Crippen molar-refractivity contribution in [3.05, 3.63) is 35.4 Å². The number of likely N-dealkylation sites (N-methyl/N-ethyl adjacent to an activating group) is 1. The minimum absolute atomic E-state index is 0.327. The summed E-state index contributed by atoms with van der Waals surface area (Å²) in [4.78, 5) is 4.59. The maximum Gasteiger partial charge on any atom is 0.0470 e. The van der Waals surface area contributed by atoms with Gasteiger partial charge >= 0.3 is 0 Å². The van der Waals surface area contributed by atoms with Crippen molar-refractivity contribution in [2.45, 2.75) is 19.4 Å². The van der Waals surface area contributed by atoms with Crippen molar-refractivity contribution >= 4 is 0 Å². The van der Waals surface area contributed by atoms with Gasteiger partial charge in [-0.2, -0.15) is 0 Å². The van der Waals surface area contributed by atoms with Gasteiger partial charge in [-0.3, -0.25) is 4.90 Å². The monoisotopic (exact) mass is 249 g/mol. The van der Waals surface area contributed by atoms with Crippen LogP contribution < -0.4 is 5.73 Å². The molecule has 0 aliphatic heterocycles. The van der Waals surface area contributed by atoms with Gasteiger partial charge in [0.05, 0.1) is 0 Å². The highest BCUT2D eigenvalue weighted by atomic mass is 15.1. The molecule has 0 spiro atoms. The van der Waals surface area contributed by atoms with Crippen molar-refractivity contribution in [1.29, 1.82) is 0 Å². The predicted octanol–water partition coefficient (Wildman–Crippen LogP) is 1.88. The number of nitrogens with two attached hydrogens (primary N) is 1. The summed E-state index contributed by atoms with van der Waals surface area (Å²) >= 11 is 0. The first-order valence-corrected chi connectivity index (χ1v) is 6.66. The normalized spacial score (nSPS) is 13.3. The number of hydrogen-bond acceptors (Lipinski definition) is 3. The molecule has 1 aromatic carbocycles. The molecule has 1 rings (SSSR count). The molecule has 1 aromatic rings. The van der Waals surface area contributed by atoms with Crippen LogP contribution in [0.25, 0.3) is 0 Å². The van der Waals surface area contributed by atoms with Gasteiger partial charge in [0.15, 0.2) is 0 Å². The Hall–Kier alpha value is -0.900. The van der Waals surface area contributed by atoms with Crippen LogP contribution in [-0.2, 0) is 0 Å². The lowest BCUT2D eigenvalue weighted by molar-refractivity contribution is 0.234. The molecule has 0 fully saturated rings. The standard InChI is InChI=1S/C15H27N3/c1-13-8-5-6-9-14(13)15(12-16)18(4)11-7-10-17(2)3/h5-6,8-9,15H,7,10-12,16H2,1-4H3. The first-order valence-electron chi connectivity index (χ1n) is 6.66. The molecule has 0 bridgehead atoms. The number of nitrogens with zero attached hydrogens (tertiary/aromatic N) is 2. The highest BCUT2D eigenvalue weighted by Crippen LogP contribution is 2.21. The van der Waals surface area contributed by atoms with Gasteiger partial charge in [0.1, 0.15) is 0 Å². The van der Waals surface area contributed by atoms with Gasteiger partial charge < -0.3 is 10.6 Å². The maximum absolute atomic E-state index is 5.95. The van der Waals surface area contributed by atoms with Crippen LogP contribution in [0.15, 0.2) is 24.3 Å². The van der Waals surface area contributed by atoms with Gasteiger partial charge in [-0.05, 0) is 58.7 Å². The van der Waals surface area contributed by atoms with Crippen LogP contribution in [0.3, 0.4) is 0 Å². The lowest BCUT2D eigenvalue weighted by atomic mass is 10.0. The van der Waals surface area contributed by atoms with Crippen molar-refractivity contribution in [1.82, 2.24) is 9.80 Å². The summed E-state index contributed by atoms with van der Waals surface area (Å²) in [5.41, 5.74) is 8.63. The van der Waals surface area contributed by atoms with Gasteiger partial charge in [0.25, 0.3) is 0 Å². The van der Waals surface area contributed by atoms with Gasteiger partial charge in [-0.1, -0.05) is 24.3 Å². The van der Waals surface area contributed by atoms with E-state index in [2.05, 4.69) is 62.1 Å². The number of hydrogen-bond donors (Lipinski definition) is 1. The molecule has 1 unspecified atom stereocenters. The summed E-state index contributed by atoms with van der Waals surface area (Å²) in [5, 5.41) is 0. The molecule has 3 heteroatoms. The van der Waals surface area contributed by atoms with Crippen LogP contribution in [0, 0.1) is 6.92 Å². The quantitative estimate of drug-likeness (QED) is 0.801. The van der Waals surface area contributed by atoms with E-state index in [0.717, 1.165) is 13.1 Å². The fourth-order valence-electron chi connectivity index (χ4n) is 2.30. The Balaban J connectivity index is 2.63. The summed E-state index contributed by atoms with van der Waals surface area (Å²) < 4.78 is 0. The molecule has 18 heavy (non-hydrogen) atoms. The molecule has 0 aliphatic carbocycles. The molecule has 102 valence electrons. The van der Waals surface area contributed by atoms with Crippen LogP contribution in [0.2, 0.25) is 0 Å². The summed E-state index contributed by atoms with van der Waals surface area (Å²) in [5.74, 6) is 0. The topological polar surface area (TPSA) is 32.5 Å². The molecule has 0 radical (unpaired) electrons. The third-order valence-corrected chi connectivity index (χ3v) is 3.42. The van der Waals surface area contributed by atoms with Crippen molar-refractivity contribution in [2.75, 3.05) is 40.8 Å². The van der Waals surface area contributed by atoms with Gasteiger partial charge in [-0.15, -0.1) is 0 Å². The van der Waals surface area contributed by atoms with Crippen molar-refractivity contribution in [3.63, 3.8) is 0 Å². The van der Waals surface area contributed by atoms with Gasteiger partial charge in [-0.25, -0.2) is 0 Å². The number of rotatable bonds is 7. The molecular weight excluding hydrogens is 222 g/mol. The minimum atomic E-state index is 0.327. The SMILES string of the molecule is Cc1ccccc1C(CN)N(C)CCCN(C)C. The Morgan fingerprint density at radius 2 is 1.78 bits per heavy atom. The third kappa shape index (κ3) is 4.41. The minimum Gasteiger partial charge on any atom is -0.329 e. The second kappa shape index (κ2) is 7.52. The van der Waals surface area contributed by atoms with E-state index >= 15 is 0 Å². The van der Waals surface area contributed by atoms with Crippen molar-refractivity contribution < 1.29 is 0 Å². The van der Waals surface area contributed by atoms with E-state index in [1.807, 2.05) is 0 Å². The Morgan fingerprint density at radius 1 is 1.11 bits per heavy atom. The van der Waals surface area contributed by atoms with Crippen LogP contribution in [0.4, 0.5) is 0 Å². The van der Waals surface area contributed by atoms with Crippen LogP contribution in [-0.4, -0.2) is 50.6 Å². The van der Waals surface area contributed by atoms with Crippen molar-refractivity contribution in [2.24, 2.45) is 5.73 Å². The average Bonchev–Trinajstić information content (AvgIpc) is 2.32. The Kier molecular flexibility index (Phi) is 6.33. The number of aryl methyl sites for hydroxylation is 1. The molecule has 2 N–H and O–H groups in total. The fourth-order valence-corrected chi connectivity index (χ4v) is 2.30. The van der Waals surface area contributed by atoms with Crippen LogP contribution in [0.5, 0.6) is 0 Å². The van der Waals surface area contributed by atoms with Crippen LogP contribution >= 0.6 is 0 Å². The summed E-state index contributed by atoms with van der Waals surface area (Å²) in [7, 11) is 6.39. The van der Waals surface area contributed by atoms with E-state index < -0.39 is 0 Å². The Bertz CT molecular complexity index is 349. The molecular formula is C15H27N3. The second-order valence-corrected chi connectivity index (χ2v) is 5.25. The highest BCUT2D eigenvalue weighted by molar-refractivity contribution is 5.29. The molecule has 1 atom stereocenters. The largest absolute Gasteiger partial charge is 0.329 e. The Labute approximate surface area is 112 Å².